The first-order valence-corrected chi connectivity index (χ1v) is 7.67. The molecule has 22 heavy (non-hydrogen) atoms. The number of carbonyl (C=O) groups excluding carboxylic acids is 1. The minimum Gasteiger partial charge on any atom is -0.292 e. The third-order valence-corrected chi connectivity index (χ3v) is 4.15. The van der Waals surface area contributed by atoms with Gasteiger partial charge in [-0.3, -0.25) is 14.9 Å². The Morgan fingerprint density at radius 3 is 1.91 bits per heavy atom. The Morgan fingerprint density at radius 1 is 0.955 bits per heavy atom. The van der Waals surface area contributed by atoms with Crippen molar-refractivity contribution in [2.75, 3.05) is 22.9 Å². The number of urea groups is 1. The molecule has 1 fully saturated rings. The van der Waals surface area contributed by atoms with Gasteiger partial charge in [-0.05, 0) is 60.5 Å². The van der Waals surface area contributed by atoms with Gasteiger partial charge in [0, 0.05) is 29.4 Å². The number of benzene rings is 2. The van der Waals surface area contributed by atoms with Gasteiger partial charge in [0.2, 0.25) is 0 Å². The molecule has 110 valence electrons. The number of carbonyl (C=O) groups is 1. The highest BCUT2D eigenvalue weighted by Gasteiger charge is 2.30. The number of nitriles is 1. The summed E-state index contributed by atoms with van der Waals surface area (Å²) in [6.45, 7) is 1.26. The molecule has 1 heterocycles. The first-order valence-electron chi connectivity index (χ1n) is 6.79. The fourth-order valence-corrected chi connectivity index (χ4v) is 2.73. The van der Waals surface area contributed by atoms with Gasteiger partial charge in [-0.15, -0.1) is 0 Å². The van der Waals surface area contributed by atoms with Crippen LogP contribution in [0.4, 0.5) is 16.2 Å². The Kier molecular flexibility index (Phi) is 4.00. The van der Waals surface area contributed by atoms with Crippen molar-refractivity contribution in [2.45, 2.75) is 4.90 Å². The van der Waals surface area contributed by atoms with Crippen LogP contribution in [0.3, 0.4) is 0 Å². The highest BCUT2D eigenvalue weighted by Crippen LogP contribution is 2.26. The van der Waals surface area contributed by atoms with Crippen LogP contribution in [-0.4, -0.2) is 19.1 Å². The lowest BCUT2D eigenvalue weighted by atomic mass is 10.2. The molecular weight excluding hydrogens is 296 g/mol. The van der Waals surface area contributed by atoms with E-state index in [0.717, 1.165) is 16.3 Å². The van der Waals surface area contributed by atoms with Gasteiger partial charge in [0.1, 0.15) is 0 Å². The first kappa shape index (κ1) is 14.4. The number of nitrogens with two attached hydrogens (primary N) is 1. The Hall–Kier alpha value is -2.49. The zero-order valence-electron chi connectivity index (χ0n) is 11.8. The van der Waals surface area contributed by atoms with E-state index in [2.05, 4.69) is 6.07 Å². The molecule has 0 unspecified atom stereocenters. The van der Waals surface area contributed by atoms with Crippen molar-refractivity contribution in [1.29, 1.82) is 5.26 Å². The molecule has 1 aliphatic heterocycles. The summed E-state index contributed by atoms with van der Waals surface area (Å²) in [7, 11) is 0. The maximum atomic E-state index is 12.6. The highest BCUT2D eigenvalue weighted by atomic mass is 32.2. The summed E-state index contributed by atoms with van der Waals surface area (Å²) >= 11 is 1.18. The van der Waals surface area contributed by atoms with E-state index in [1.54, 1.807) is 34.1 Å². The van der Waals surface area contributed by atoms with Gasteiger partial charge in [-0.1, -0.05) is 0 Å². The number of nitrogens with zero attached hydrogens (tertiary/aromatic N) is 3. The van der Waals surface area contributed by atoms with Crippen LogP contribution in [0, 0.1) is 11.3 Å². The second-order valence-corrected chi connectivity index (χ2v) is 5.56. The predicted molar refractivity (Wildman–Crippen MR) is 87.7 cm³/mol. The monoisotopic (exact) mass is 310 g/mol. The van der Waals surface area contributed by atoms with Crippen LogP contribution in [0.2, 0.25) is 0 Å². The molecule has 1 saturated heterocycles. The standard InChI is InChI=1S/C16H14N4OS/c17-11-12-1-3-13(4-2-12)19-9-10-20(16(19)21)14-5-7-15(22-18)8-6-14/h1-8H,9-10,18H2. The molecular formula is C16H14N4OS. The fourth-order valence-electron chi connectivity index (χ4n) is 2.44. The van der Waals surface area contributed by atoms with Crippen LogP contribution in [0.1, 0.15) is 5.56 Å². The summed E-state index contributed by atoms with van der Waals surface area (Å²) < 4.78 is 0. The van der Waals surface area contributed by atoms with Crippen molar-refractivity contribution >= 4 is 29.4 Å². The van der Waals surface area contributed by atoms with Gasteiger partial charge in [0.05, 0.1) is 11.6 Å². The van der Waals surface area contributed by atoms with Crippen LogP contribution in [-0.2, 0) is 0 Å². The number of rotatable bonds is 3. The molecule has 2 aromatic rings. The molecule has 0 bridgehead atoms. The Labute approximate surface area is 133 Å². The van der Waals surface area contributed by atoms with Gasteiger partial charge in [0.15, 0.2) is 0 Å². The van der Waals surface area contributed by atoms with Gasteiger partial charge < -0.3 is 0 Å². The Bertz CT molecular complexity index is 721. The lowest BCUT2D eigenvalue weighted by molar-refractivity contribution is 0.256. The summed E-state index contributed by atoms with van der Waals surface area (Å²) in [4.78, 5) is 17.0. The molecule has 2 N–H and O–H groups in total. The second-order valence-electron chi connectivity index (χ2n) is 4.86. The van der Waals surface area contributed by atoms with E-state index >= 15 is 0 Å². The van der Waals surface area contributed by atoms with Crippen molar-refractivity contribution in [2.24, 2.45) is 5.14 Å². The Balaban J connectivity index is 1.80. The van der Waals surface area contributed by atoms with E-state index in [1.165, 1.54) is 11.9 Å². The largest absolute Gasteiger partial charge is 0.329 e. The lowest BCUT2D eigenvalue weighted by Gasteiger charge is -2.19. The van der Waals surface area contributed by atoms with Crippen molar-refractivity contribution in [1.82, 2.24) is 0 Å². The van der Waals surface area contributed by atoms with Crippen LogP contribution >= 0.6 is 11.9 Å². The average Bonchev–Trinajstić information content (AvgIpc) is 2.96. The maximum absolute atomic E-state index is 12.6. The normalized spacial score (nSPS) is 14.3. The van der Waals surface area contributed by atoms with E-state index in [9.17, 15) is 4.79 Å². The quantitative estimate of drug-likeness (QED) is 0.885. The zero-order chi connectivity index (χ0) is 15.5. The lowest BCUT2D eigenvalue weighted by Crippen LogP contribution is -2.31. The van der Waals surface area contributed by atoms with E-state index in [4.69, 9.17) is 10.4 Å². The summed E-state index contributed by atoms with van der Waals surface area (Å²) in [6, 6.07) is 16.7. The third-order valence-electron chi connectivity index (χ3n) is 3.60. The number of hydrogen-bond acceptors (Lipinski definition) is 4. The predicted octanol–water partition coefficient (Wildman–Crippen LogP) is 2.97. The SMILES string of the molecule is N#Cc1ccc(N2CCN(c3ccc(SN)cc3)C2=O)cc1. The molecule has 0 spiro atoms. The first-order chi connectivity index (χ1) is 10.7. The molecule has 6 heteroatoms. The minimum absolute atomic E-state index is 0.0575. The number of amides is 2. The van der Waals surface area contributed by atoms with Crippen molar-refractivity contribution in [3.8, 4) is 6.07 Å². The summed E-state index contributed by atoms with van der Waals surface area (Å²) in [5.41, 5.74) is 2.25. The van der Waals surface area contributed by atoms with Crippen LogP contribution in [0.15, 0.2) is 53.4 Å². The number of anilines is 2. The van der Waals surface area contributed by atoms with E-state index in [0.29, 0.717) is 18.7 Å². The van der Waals surface area contributed by atoms with Crippen LogP contribution in [0.25, 0.3) is 0 Å². The fraction of sp³-hybridized carbons (Fsp3) is 0.125. The van der Waals surface area contributed by atoms with E-state index in [-0.39, 0.29) is 6.03 Å². The average molecular weight is 310 g/mol. The van der Waals surface area contributed by atoms with Gasteiger partial charge in [-0.25, -0.2) is 4.79 Å². The van der Waals surface area contributed by atoms with Crippen LogP contribution < -0.4 is 14.9 Å². The second kappa shape index (κ2) is 6.10. The van der Waals surface area contributed by atoms with Crippen LogP contribution in [0.5, 0.6) is 0 Å². The number of hydrogen-bond donors (Lipinski definition) is 1. The van der Waals surface area contributed by atoms with Crippen molar-refractivity contribution in [3.63, 3.8) is 0 Å². The minimum atomic E-state index is -0.0575. The molecule has 5 nitrogen and oxygen atoms in total. The topological polar surface area (TPSA) is 73.4 Å². The summed E-state index contributed by atoms with van der Waals surface area (Å²) in [6.07, 6.45) is 0. The molecule has 0 aromatic heterocycles. The molecule has 1 aliphatic rings. The van der Waals surface area contributed by atoms with E-state index < -0.39 is 0 Å². The van der Waals surface area contributed by atoms with Gasteiger partial charge in [0.25, 0.3) is 0 Å². The molecule has 0 aliphatic carbocycles. The van der Waals surface area contributed by atoms with Crippen molar-refractivity contribution in [3.05, 3.63) is 54.1 Å². The maximum Gasteiger partial charge on any atom is 0.329 e. The molecule has 3 rings (SSSR count). The highest BCUT2D eigenvalue weighted by molar-refractivity contribution is 7.97. The molecule has 0 saturated carbocycles. The summed E-state index contributed by atoms with van der Waals surface area (Å²) in [5, 5.41) is 14.3. The van der Waals surface area contributed by atoms with E-state index in [1.807, 2.05) is 24.3 Å². The van der Waals surface area contributed by atoms with Gasteiger partial charge >= 0.3 is 6.03 Å². The molecule has 2 amide bonds. The zero-order valence-corrected chi connectivity index (χ0v) is 12.6. The van der Waals surface area contributed by atoms with Gasteiger partial charge in [-0.2, -0.15) is 5.26 Å². The molecule has 0 radical (unpaired) electrons. The molecule has 0 atom stereocenters. The summed E-state index contributed by atoms with van der Waals surface area (Å²) in [5.74, 6) is 0. The molecule has 2 aromatic carbocycles. The smallest absolute Gasteiger partial charge is 0.292 e. The third kappa shape index (κ3) is 2.64. The van der Waals surface area contributed by atoms with Crippen molar-refractivity contribution < 1.29 is 4.79 Å². The Morgan fingerprint density at radius 2 is 1.45 bits per heavy atom.